The SMILES string of the molecule is CC1(C)CCc2cc(N(c3ccccc3)c3ccccc3)c3ccc4c(C5CC5)cc(N(c5ccccc5)c5ccccc5)c5cc1c2c3c45. The first-order valence-electron chi connectivity index (χ1n) is 18.2. The molecule has 0 N–H and O–H groups in total. The van der Waals surface area contributed by atoms with Gasteiger partial charge in [-0.25, -0.2) is 0 Å². The fraction of sp³-hybridized carbons (Fsp3) is 0.167. The molecule has 0 unspecified atom stereocenters. The molecule has 0 aromatic heterocycles. The standard InChI is InChI=1S/C48H40N2/c1-48(2)28-27-33-29-43(49(34-15-7-3-8-16-34)35-17-9-4-10-18-35)39-26-25-38-40(32-23-24-32)31-44(41-30-42(48)45(33)47(39)46(38)41)50(36-19-11-5-12-20-36)37-21-13-6-14-22-37/h3-22,25-26,29-32H,23-24,27-28H2,1-2H3. The number of aryl methyl sites for hydroxylation is 1. The zero-order chi connectivity index (χ0) is 33.4. The highest BCUT2D eigenvalue weighted by Crippen LogP contribution is 2.56. The van der Waals surface area contributed by atoms with Crippen LogP contribution < -0.4 is 9.80 Å². The van der Waals surface area contributed by atoms with Crippen molar-refractivity contribution in [3.8, 4) is 0 Å². The van der Waals surface area contributed by atoms with Crippen molar-refractivity contribution in [1.82, 2.24) is 0 Å². The third-order valence-electron chi connectivity index (χ3n) is 11.4. The van der Waals surface area contributed by atoms with Gasteiger partial charge in [0.25, 0.3) is 0 Å². The van der Waals surface area contributed by atoms with E-state index in [-0.39, 0.29) is 5.41 Å². The van der Waals surface area contributed by atoms with Crippen LogP contribution in [0, 0.1) is 0 Å². The molecule has 0 bridgehead atoms. The minimum Gasteiger partial charge on any atom is -0.310 e. The van der Waals surface area contributed by atoms with Crippen LogP contribution in [0.1, 0.15) is 55.7 Å². The first kappa shape index (κ1) is 29.3. The van der Waals surface area contributed by atoms with Crippen molar-refractivity contribution < 1.29 is 0 Å². The van der Waals surface area contributed by atoms with Gasteiger partial charge < -0.3 is 9.80 Å². The maximum atomic E-state index is 2.59. The normalized spacial score (nSPS) is 15.2. The highest BCUT2D eigenvalue weighted by atomic mass is 15.1. The monoisotopic (exact) mass is 644 g/mol. The number of nitrogens with zero attached hydrogens (tertiary/aromatic N) is 2. The van der Waals surface area contributed by atoms with E-state index < -0.39 is 0 Å². The van der Waals surface area contributed by atoms with Crippen LogP contribution >= 0.6 is 0 Å². The Labute approximate surface area is 294 Å². The van der Waals surface area contributed by atoms with E-state index >= 15 is 0 Å². The molecule has 8 aromatic carbocycles. The van der Waals surface area contributed by atoms with Crippen molar-refractivity contribution in [2.45, 2.75) is 50.9 Å². The summed E-state index contributed by atoms with van der Waals surface area (Å²) in [5.74, 6) is 0.597. The van der Waals surface area contributed by atoms with Crippen molar-refractivity contribution in [1.29, 1.82) is 0 Å². The lowest BCUT2D eigenvalue weighted by Gasteiger charge is -2.37. The maximum Gasteiger partial charge on any atom is 0.0543 e. The van der Waals surface area contributed by atoms with Gasteiger partial charge in [-0.1, -0.05) is 98.8 Å². The first-order valence-corrected chi connectivity index (χ1v) is 18.2. The Bertz CT molecular complexity index is 2420. The maximum absolute atomic E-state index is 2.59. The Balaban J connectivity index is 1.38. The molecule has 2 aliphatic carbocycles. The second kappa shape index (κ2) is 11.2. The van der Waals surface area contributed by atoms with Crippen LogP contribution in [0.4, 0.5) is 34.1 Å². The van der Waals surface area contributed by atoms with Gasteiger partial charge in [0, 0.05) is 38.9 Å². The van der Waals surface area contributed by atoms with E-state index in [4.69, 9.17) is 0 Å². The predicted molar refractivity (Wildman–Crippen MR) is 213 cm³/mol. The lowest BCUT2D eigenvalue weighted by Crippen LogP contribution is -2.24. The molecule has 2 heteroatoms. The average Bonchev–Trinajstić information content (AvgIpc) is 4.01. The molecule has 0 atom stereocenters. The van der Waals surface area contributed by atoms with Crippen LogP contribution in [0.3, 0.4) is 0 Å². The molecular formula is C48H40N2. The van der Waals surface area contributed by atoms with Crippen molar-refractivity contribution in [2.24, 2.45) is 0 Å². The molecule has 1 fully saturated rings. The van der Waals surface area contributed by atoms with Gasteiger partial charge in [-0.2, -0.15) is 0 Å². The van der Waals surface area contributed by atoms with Crippen LogP contribution in [-0.4, -0.2) is 0 Å². The largest absolute Gasteiger partial charge is 0.310 e. The molecule has 0 spiro atoms. The Hall–Kier alpha value is -5.60. The summed E-state index contributed by atoms with van der Waals surface area (Å²) < 4.78 is 0. The summed E-state index contributed by atoms with van der Waals surface area (Å²) in [5, 5.41) is 8.40. The minimum absolute atomic E-state index is 0.0522. The van der Waals surface area contributed by atoms with Gasteiger partial charge in [-0.15, -0.1) is 0 Å². The van der Waals surface area contributed by atoms with Crippen molar-refractivity contribution in [3.05, 3.63) is 168 Å². The van der Waals surface area contributed by atoms with Gasteiger partial charge in [0.2, 0.25) is 0 Å². The predicted octanol–water partition coefficient (Wildman–Crippen LogP) is 13.6. The van der Waals surface area contributed by atoms with Gasteiger partial charge in [-0.05, 0) is 137 Å². The molecule has 0 amide bonds. The summed E-state index contributed by atoms with van der Waals surface area (Å²) in [5.41, 5.74) is 11.7. The van der Waals surface area contributed by atoms with Crippen molar-refractivity contribution in [3.63, 3.8) is 0 Å². The average molecular weight is 645 g/mol. The quantitative estimate of drug-likeness (QED) is 0.159. The lowest BCUT2D eigenvalue weighted by molar-refractivity contribution is 0.475. The molecule has 0 saturated heterocycles. The summed E-state index contributed by atoms with van der Waals surface area (Å²) >= 11 is 0. The molecular weight excluding hydrogens is 605 g/mol. The molecule has 10 rings (SSSR count). The molecule has 8 aromatic rings. The second-order valence-corrected chi connectivity index (χ2v) is 15.0. The lowest BCUT2D eigenvalue weighted by atomic mass is 9.70. The molecule has 0 radical (unpaired) electrons. The summed E-state index contributed by atoms with van der Waals surface area (Å²) in [4.78, 5) is 4.98. The van der Waals surface area contributed by atoms with E-state index in [0.29, 0.717) is 5.92 Å². The molecule has 0 aliphatic heterocycles. The number of rotatable bonds is 7. The van der Waals surface area contributed by atoms with Crippen LogP contribution in [0.2, 0.25) is 0 Å². The zero-order valence-electron chi connectivity index (χ0n) is 28.7. The highest BCUT2D eigenvalue weighted by molar-refractivity contribution is 6.30. The Morgan fingerprint density at radius 1 is 0.480 bits per heavy atom. The highest BCUT2D eigenvalue weighted by Gasteiger charge is 2.35. The van der Waals surface area contributed by atoms with Crippen LogP contribution in [0.5, 0.6) is 0 Å². The van der Waals surface area contributed by atoms with Gasteiger partial charge in [0.15, 0.2) is 0 Å². The third-order valence-corrected chi connectivity index (χ3v) is 11.4. The van der Waals surface area contributed by atoms with E-state index in [1.165, 1.54) is 96.0 Å². The van der Waals surface area contributed by atoms with Gasteiger partial charge in [0.05, 0.1) is 11.4 Å². The fourth-order valence-electron chi connectivity index (χ4n) is 8.75. The van der Waals surface area contributed by atoms with Gasteiger partial charge in [0.1, 0.15) is 0 Å². The molecule has 2 nitrogen and oxygen atoms in total. The van der Waals surface area contributed by atoms with E-state index in [1.54, 1.807) is 0 Å². The second-order valence-electron chi connectivity index (χ2n) is 15.0. The number of hydrogen-bond donors (Lipinski definition) is 0. The van der Waals surface area contributed by atoms with Crippen LogP contribution in [0.25, 0.3) is 32.3 Å². The zero-order valence-corrected chi connectivity index (χ0v) is 28.7. The molecule has 1 saturated carbocycles. The van der Waals surface area contributed by atoms with Gasteiger partial charge in [-0.3, -0.25) is 0 Å². The Morgan fingerprint density at radius 2 is 0.960 bits per heavy atom. The molecule has 2 aliphatic rings. The number of hydrogen-bond acceptors (Lipinski definition) is 2. The molecule has 242 valence electrons. The van der Waals surface area contributed by atoms with Crippen LogP contribution in [0.15, 0.2) is 152 Å². The van der Waals surface area contributed by atoms with Crippen molar-refractivity contribution >= 4 is 66.4 Å². The number of anilines is 6. The van der Waals surface area contributed by atoms with E-state index in [0.717, 1.165) is 12.8 Å². The van der Waals surface area contributed by atoms with E-state index in [9.17, 15) is 0 Å². The van der Waals surface area contributed by atoms with Gasteiger partial charge >= 0.3 is 0 Å². The third kappa shape index (κ3) is 4.55. The number of para-hydroxylation sites is 4. The van der Waals surface area contributed by atoms with E-state index in [2.05, 4.69) is 175 Å². The summed E-state index contributed by atoms with van der Waals surface area (Å²) in [6, 6.07) is 56.3. The summed E-state index contributed by atoms with van der Waals surface area (Å²) in [6.07, 6.45) is 4.70. The van der Waals surface area contributed by atoms with Crippen molar-refractivity contribution in [2.75, 3.05) is 9.80 Å². The topological polar surface area (TPSA) is 6.48 Å². The Kier molecular flexibility index (Phi) is 6.58. The number of benzene rings is 8. The molecule has 0 heterocycles. The Morgan fingerprint density at radius 3 is 1.46 bits per heavy atom. The van der Waals surface area contributed by atoms with Crippen LogP contribution in [-0.2, 0) is 11.8 Å². The first-order chi connectivity index (χ1) is 24.6. The fourth-order valence-corrected chi connectivity index (χ4v) is 8.75. The molecule has 50 heavy (non-hydrogen) atoms. The summed E-state index contributed by atoms with van der Waals surface area (Å²) in [6.45, 7) is 4.91. The minimum atomic E-state index is 0.0522. The van der Waals surface area contributed by atoms with E-state index in [1.807, 2.05) is 0 Å². The smallest absolute Gasteiger partial charge is 0.0543 e. The summed E-state index contributed by atoms with van der Waals surface area (Å²) in [7, 11) is 0.